The Labute approximate surface area is 212 Å². The van der Waals surface area contributed by atoms with Gasteiger partial charge in [0.05, 0.1) is 24.8 Å². The molecule has 0 spiro atoms. The summed E-state index contributed by atoms with van der Waals surface area (Å²) < 4.78 is 11.2. The van der Waals surface area contributed by atoms with Crippen LogP contribution >= 0.6 is 0 Å². The number of fused-ring (bicyclic) bond motifs is 1. The van der Waals surface area contributed by atoms with Crippen molar-refractivity contribution in [1.29, 1.82) is 0 Å². The molecule has 1 aliphatic rings. The van der Waals surface area contributed by atoms with Crippen molar-refractivity contribution in [2.75, 3.05) is 11.5 Å². The molecule has 0 aliphatic carbocycles. The van der Waals surface area contributed by atoms with Crippen LogP contribution in [0.4, 0.5) is 10.5 Å². The van der Waals surface area contributed by atoms with E-state index in [-0.39, 0.29) is 19.6 Å². The number of esters is 1. The van der Waals surface area contributed by atoms with E-state index in [1.165, 1.54) is 9.80 Å². The molecule has 3 rings (SSSR count). The highest BCUT2D eigenvalue weighted by Gasteiger charge is 2.44. The van der Waals surface area contributed by atoms with E-state index < -0.39 is 41.3 Å². The summed E-state index contributed by atoms with van der Waals surface area (Å²) in [4.78, 5) is 43.3. The Morgan fingerprint density at radius 2 is 1.53 bits per heavy atom. The van der Waals surface area contributed by atoms with Gasteiger partial charge in [-0.25, -0.2) is 4.79 Å². The van der Waals surface area contributed by atoms with Crippen LogP contribution in [0.15, 0.2) is 54.6 Å². The van der Waals surface area contributed by atoms with Crippen LogP contribution in [0.5, 0.6) is 0 Å². The zero-order valence-corrected chi connectivity index (χ0v) is 21.9. The highest BCUT2D eigenvalue weighted by molar-refractivity contribution is 6.01. The van der Waals surface area contributed by atoms with Crippen molar-refractivity contribution >= 4 is 23.7 Å². The predicted molar refractivity (Wildman–Crippen MR) is 136 cm³/mol. The number of anilines is 1. The molecule has 1 N–H and O–H groups in total. The predicted octanol–water partition coefficient (Wildman–Crippen LogP) is 4.60. The summed E-state index contributed by atoms with van der Waals surface area (Å²) in [6, 6.07) is 14.4. The molecule has 1 heterocycles. The van der Waals surface area contributed by atoms with Gasteiger partial charge in [0.25, 0.3) is 0 Å². The van der Waals surface area contributed by atoms with E-state index in [9.17, 15) is 19.5 Å². The number of para-hydroxylation sites is 1. The number of benzene rings is 2. The Balaban J connectivity index is 2.14. The second-order valence-electron chi connectivity index (χ2n) is 10.9. The Morgan fingerprint density at radius 3 is 2.11 bits per heavy atom. The van der Waals surface area contributed by atoms with E-state index in [1.54, 1.807) is 53.7 Å². The number of hydrogen-bond acceptors (Lipinski definition) is 6. The van der Waals surface area contributed by atoms with E-state index in [2.05, 4.69) is 0 Å². The molecule has 36 heavy (non-hydrogen) atoms. The third-order valence-electron chi connectivity index (χ3n) is 5.58. The van der Waals surface area contributed by atoms with Crippen molar-refractivity contribution in [1.82, 2.24) is 4.90 Å². The maximum atomic E-state index is 14.1. The summed E-state index contributed by atoms with van der Waals surface area (Å²) >= 11 is 0. The molecule has 1 aliphatic heterocycles. The van der Waals surface area contributed by atoms with Crippen molar-refractivity contribution in [2.24, 2.45) is 0 Å². The van der Waals surface area contributed by atoms with Gasteiger partial charge in [-0.2, -0.15) is 0 Å². The van der Waals surface area contributed by atoms with Gasteiger partial charge in [-0.1, -0.05) is 48.5 Å². The monoisotopic (exact) mass is 496 g/mol. The Bertz CT molecular complexity index is 1090. The van der Waals surface area contributed by atoms with Gasteiger partial charge in [-0.05, 0) is 58.7 Å². The maximum absolute atomic E-state index is 14.1. The van der Waals surface area contributed by atoms with Gasteiger partial charge in [-0.15, -0.1) is 0 Å². The zero-order valence-electron chi connectivity index (χ0n) is 21.9. The van der Waals surface area contributed by atoms with E-state index in [0.29, 0.717) is 11.3 Å². The first-order valence-electron chi connectivity index (χ1n) is 12.1. The highest BCUT2D eigenvalue weighted by atomic mass is 16.6. The van der Waals surface area contributed by atoms with Gasteiger partial charge >= 0.3 is 12.1 Å². The SMILES string of the molecule is CC(C)(C)OC(=O)C[C@@H]1C(=O)N([C@@H](CO)c2ccccc2)Cc2ccccc2N1C(=O)OC(C)(C)C. The number of aliphatic hydroxyl groups is 1. The minimum absolute atomic E-state index is 0.138. The molecule has 194 valence electrons. The van der Waals surface area contributed by atoms with Gasteiger partial charge < -0.3 is 19.5 Å². The van der Waals surface area contributed by atoms with Gasteiger partial charge in [0.2, 0.25) is 5.91 Å². The molecule has 2 atom stereocenters. The van der Waals surface area contributed by atoms with Crippen LogP contribution in [-0.4, -0.2) is 51.8 Å². The van der Waals surface area contributed by atoms with E-state index >= 15 is 0 Å². The number of hydrogen-bond donors (Lipinski definition) is 1. The minimum atomic E-state index is -1.23. The number of ether oxygens (including phenoxy) is 2. The topological polar surface area (TPSA) is 96.4 Å². The molecular weight excluding hydrogens is 460 g/mol. The quantitative estimate of drug-likeness (QED) is 0.608. The lowest BCUT2D eigenvalue weighted by Crippen LogP contribution is -2.52. The van der Waals surface area contributed by atoms with E-state index in [0.717, 1.165) is 5.56 Å². The first kappa shape index (κ1) is 27.2. The first-order valence-corrected chi connectivity index (χ1v) is 12.1. The fourth-order valence-corrected chi connectivity index (χ4v) is 4.19. The summed E-state index contributed by atoms with van der Waals surface area (Å²) in [6.45, 7) is 10.2. The molecule has 0 fully saturated rings. The van der Waals surface area contributed by atoms with Crippen molar-refractivity contribution < 1.29 is 29.0 Å². The average Bonchev–Trinajstić information content (AvgIpc) is 2.88. The smallest absolute Gasteiger partial charge is 0.415 e. The van der Waals surface area contributed by atoms with Crippen molar-refractivity contribution in [3.63, 3.8) is 0 Å². The van der Waals surface area contributed by atoms with Gasteiger partial charge in [0.15, 0.2) is 0 Å². The fourth-order valence-electron chi connectivity index (χ4n) is 4.19. The highest BCUT2D eigenvalue weighted by Crippen LogP contribution is 2.35. The standard InChI is InChI=1S/C28H36N2O6/c1-27(2,3)35-24(32)16-22-25(33)29(23(18-31)19-12-8-7-9-13-19)17-20-14-10-11-15-21(20)30(22)26(34)36-28(4,5)6/h7-15,22-23,31H,16-18H2,1-6H3/t22-,23+/m1/s1. The lowest BCUT2D eigenvalue weighted by Gasteiger charge is -2.35. The summed E-state index contributed by atoms with van der Waals surface area (Å²) in [5.41, 5.74) is 0.317. The lowest BCUT2D eigenvalue weighted by molar-refractivity contribution is -0.157. The number of aliphatic hydroxyl groups excluding tert-OH is 1. The first-order chi connectivity index (χ1) is 16.8. The zero-order chi connectivity index (χ0) is 26.7. The van der Waals surface area contributed by atoms with Crippen LogP contribution in [0.25, 0.3) is 0 Å². The molecule has 0 radical (unpaired) electrons. The largest absolute Gasteiger partial charge is 0.460 e. The van der Waals surface area contributed by atoms with Gasteiger partial charge in [-0.3, -0.25) is 14.5 Å². The van der Waals surface area contributed by atoms with Crippen molar-refractivity contribution in [2.45, 2.75) is 77.8 Å². The summed E-state index contributed by atoms with van der Waals surface area (Å²) in [5, 5.41) is 10.3. The normalized spacial score (nSPS) is 17.2. The molecule has 2 aromatic carbocycles. The minimum Gasteiger partial charge on any atom is -0.460 e. The average molecular weight is 497 g/mol. The van der Waals surface area contributed by atoms with E-state index in [4.69, 9.17) is 9.47 Å². The van der Waals surface area contributed by atoms with Crippen LogP contribution in [0.3, 0.4) is 0 Å². The molecule has 0 bridgehead atoms. The Morgan fingerprint density at radius 1 is 0.944 bits per heavy atom. The van der Waals surface area contributed by atoms with E-state index in [1.807, 2.05) is 42.5 Å². The maximum Gasteiger partial charge on any atom is 0.415 e. The Hall–Kier alpha value is -3.39. The summed E-state index contributed by atoms with van der Waals surface area (Å²) in [5.74, 6) is -1.10. The van der Waals surface area contributed by atoms with Crippen LogP contribution in [0, 0.1) is 0 Å². The van der Waals surface area contributed by atoms with Gasteiger partial charge in [0, 0.05) is 6.54 Å². The molecule has 2 amide bonds. The fraction of sp³-hybridized carbons (Fsp3) is 0.464. The second-order valence-corrected chi connectivity index (χ2v) is 10.9. The molecule has 0 saturated heterocycles. The number of carbonyl (C=O) groups is 3. The van der Waals surface area contributed by atoms with Crippen LogP contribution < -0.4 is 4.90 Å². The lowest BCUT2D eigenvalue weighted by atomic mass is 10.0. The molecular formula is C28H36N2O6. The third-order valence-corrected chi connectivity index (χ3v) is 5.58. The third kappa shape index (κ3) is 6.63. The number of carbonyl (C=O) groups excluding carboxylic acids is 3. The molecule has 8 heteroatoms. The molecule has 2 aromatic rings. The number of amides is 2. The summed E-state index contributed by atoms with van der Waals surface area (Å²) in [7, 11) is 0. The van der Waals surface area contributed by atoms with Gasteiger partial charge in [0.1, 0.15) is 17.2 Å². The van der Waals surface area contributed by atoms with Crippen LogP contribution in [0.2, 0.25) is 0 Å². The molecule has 0 unspecified atom stereocenters. The second kappa shape index (κ2) is 10.7. The number of rotatable bonds is 5. The molecule has 8 nitrogen and oxygen atoms in total. The van der Waals surface area contributed by atoms with Crippen LogP contribution in [-0.2, 0) is 25.6 Å². The Kier molecular flexibility index (Phi) is 8.09. The summed E-state index contributed by atoms with van der Waals surface area (Å²) in [6.07, 6.45) is -1.11. The molecule has 0 aromatic heterocycles. The van der Waals surface area contributed by atoms with Crippen LogP contribution in [0.1, 0.15) is 65.1 Å². The molecule has 0 saturated carbocycles. The van der Waals surface area contributed by atoms with Crippen molar-refractivity contribution in [3.05, 3.63) is 65.7 Å². The number of nitrogens with zero attached hydrogens (tertiary/aromatic N) is 2. The van der Waals surface area contributed by atoms with Crippen molar-refractivity contribution in [3.8, 4) is 0 Å².